The molecule has 4 aromatic rings. The van der Waals surface area contributed by atoms with E-state index in [1.54, 1.807) is 6.07 Å². The van der Waals surface area contributed by atoms with Crippen LogP contribution in [0.3, 0.4) is 0 Å². The van der Waals surface area contributed by atoms with Gasteiger partial charge in [0.15, 0.2) is 5.58 Å². The Morgan fingerprint density at radius 3 is 2.21 bits per heavy atom. The third kappa shape index (κ3) is 4.44. The lowest BCUT2D eigenvalue weighted by molar-refractivity contribution is -0.137. The molecule has 1 aliphatic rings. The molecule has 1 aromatic heterocycles. The second kappa shape index (κ2) is 8.41. The van der Waals surface area contributed by atoms with E-state index in [0.717, 1.165) is 51.5 Å². The van der Waals surface area contributed by atoms with Crippen LogP contribution in [0, 0.1) is 6.92 Å². The van der Waals surface area contributed by atoms with Crippen LogP contribution in [0.25, 0.3) is 22.6 Å². The summed E-state index contributed by atoms with van der Waals surface area (Å²) in [4.78, 5) is 8.85. The van der Waals surface area contributed by atoms with Crippen LogP contribution in [0.15, 0.2) is 69.6 Å². The van der Waals surface area contributed by atoms with Crippen molar-refractivity contribution in [2.24, 2.45) is 0 Å². The quantitative estimate of drug-likeness (QED) is 0.296. The van der Waals surface area contributed by atoms with Crippen LogP contribution in [-0.4, -0.2) is 31.2 Å². The molecule has 4 nitrogen and oxygen atoms in total. The topological polar surface area (TPSA) is 32.5 Å². The Labute approximate surface area is 197 Å². The number of aromatic nitrogens is 1. The van der Waals surface area contributed by atoms with Gasteiger partial charge >= 0.3 is 6.18 Å². The maximum Gasteiger partial charge on any atom is 0.416 e. The summed E-state index contributed by atoms with van der Waals surface area (Å²) in [6, 6.07) is 17.5. The Balaban J connectivity index is 1.28. The van der Waals surface area contributed by atoms with Crippen molar-refractivity contribution in [3.8, 4) is 11.5 Å². The fourth-order valence-corrected chi connectivity index (χ4v) is 4.76. The van der Waals surface area contributed by atoms with Gasteiger partial charge in [-0.1, -0.05) is 22.0 Å². The van der Waals surface area contributed by atoms with Gasteiger partial charge in [-0.25, -0.2) is 4.98 Å². The number of rotatable bonds is 3. The molecule has 5 rings (SSSR count). The lowest BCUT2D eigenvalue weighted by Gasteiger charge is -2.37. The van der Waals surface area contributed by atoms with Crippen LogP contribution in [0.5, 0.6) is 0 Å². The Morgan fingerprint density at radius 2 is 1.55 bits per heavy atom. The Hall–Kier alpha value is -3.00. The summed E-state index contributed by atoms with van der Waals surface area (Å²) < 4.78 is 46.0. The lowest BCUT2D eigenvalue weighted by atomic mass is 10.1. The largest absolute Gasteiger partial charge is 0.436 e. The molecule has 0 amide bonds. The summed E-state index contributed by atoms with van der Waals surface area (Å²) >= 11 is 3.49. The molecule has 3 aromatic carbocycles. The van der Waals surface area contributed by atoms with E-state index in [1.165, 1.54) is 12.1 Å². The minimum atomic E-state index is -4.33. The molecule has 33 heavy (non-hydrogen) atoms. The van der Waals surface area contributed by atoms with Gasteiger partial charge in [-0.05, 0) is 67.1 Å². The number of anilines is 2. The number of aryl methyl sites for hydroxylation is 1. The number of piperazine rings is 1. The number of hydrogen-bond donors (Lipinski definition) is 0. The molecular formula is C25H21BrF3N3O. The predicted molar refractivity (Wildman–Crippen MR) is 128 cm³/mol. The van der Waals surface area contributed by atoms with E-state index in [2.05, 4.69) is 25.8 Å². The zero-order valence-electron chi connectivity index (χ0n) is 17.9. The molecular weight excluding hydrogens is 495 g/mol. The van der Waals surface area contributed by atoms with E-state index < -0.39 is 11.7 Å². The normalized spacial score (nSPS) is 14.8. The number of oxazole rings is 1. The molecule has 1 fully saturated rings. The van der Waals surface area contributed by atoms with E-state index in [9.17, 15) is 13.2 Å². The molecule has 0 saturated carbocycles. The summed E-state index contributed by atoms with van der Waals surface area (Å²) in [5.41, 5.74) is 4.58. The maximum absolute atomic E-state index is 13.0. The summed E-state index contributed by atoms with van der Waals surface area (Å²) in [6.45, 7) is 4.76. The van der Waals surface area contributed by atoms with Crippen LogP contribution in [-0.2, 0) is 6.18 Å². The minimum absolute atomic E-state index is 0.576. The van der Waals surface area contributed by atoms with Crippen molar-refractivity contribution in [3.05, 3.63) is 76.3 Å². The predicted octanol–water partition coefficient (Wildman–Crippen LogP) is 6.91. The Morgan fingerprint density at radius 1 is 0.879 bits per heavy atom. The average Bonchev–Trinajstić information content (AvgIpc) is 3.23. The van der Waals surface area contributed by atoms with Crippen LogP contribution in [0.2, 0.25) is 0 Å². The van der Waals surface area contributed by atoms with Gasteiger partial charge in [0, 0.05) is 47.6 Å². The first-order valence-electron chi connectivity index (χ1n) is 10.6. The third-order valence-electron chi connectivity index (χ3n) is 5.94. The smallest absolute Gasteiger partial charge is 0.416 e. The Kier molecular flexibility index (Phi) is 5.56. The van der Waals surface area contributed by atoms with Gasteiger partial charge in [0.1, 0.15) is 5.52 Å². The monoisotopic (exact) mass is 515 g/mol. The fraction of sp³-hybridized carbons (Fsp3) is 0.240. The van der Waals surface area contributed by atoms with Gasteiger partial charge in [-0.15, -0.1) is 0 Å². The van der Waals surface area contributed by atoms with Crippen molar-refractivity contribution < 1.29 is 17.6 Å². The molecule has 0 bridgehead atoms. The Bertz CT molecular complexity index is 1290. The first-order chi connectivity index (χ1) is 15.8. The molecule has 0 unspecified atom stereocenters. The number of halogens is 4. The van der Waals surface area contributed by atoms with Crippen molar-refractivity contribution in [2.75, 3.05) is 36.0 Å². The molecule has 1 aliphatic heterocycles. The maximum atomic E-state index is 13.0. The first-order valence-corrected chi connectivity index (χ1v) is 11.4. The van der Waals surface area contributed by atoms with Gasteiger partial charge in [-0.2, -0.15) is 13.2 Å². The van der Waals surface area contributed by atoms with E-state index in [4.69, 9.17) is 4.42 Å². The summed E-state index contributed by atoms with van der Waals surface area (Å²) in [5.74, 6) is 0.576. The van der Waals surface area contributed by atoms with Crippen molar-refractivity contribution in [3.63, 3.8) is 0 Å². The molecule has 2 heterocycles. The molecule has 0 aliphatic carbocycles. The first kappa shape index (κ1) is 21.8. The van der Waals surface area contributed by atoms with Gasteiger partial charge in [0.2, 0.25) is 5.89 Å². The lowest BCUT2D eigenvalue weighted by Crippen LogP contribution is -2.46. The molecule has 0 N–H and O–H groups in total. The van der Waals surface area contributed by atoms with Crippen LogP contribution in [0.1, 0.15) is 11.1 Å². The second-order valence-corrected chi connectivity index (χ2v) is 9.07. The second-order valence-electron chi connectivity index (χ2n) is 8.16. The summed E-state index contributed by atoms with van der Waals surface area (Å²) in [6.07, 6.45) is -4.33. The van der Waals surface area contributed by atoms with Crippen LogP contribution < -0.4 is 9.80 Å². The van der Waals surface area contributed by atoms with Gasteiger partial charge in [0.25, 0.3) is 0 Å². The molecule has 170 valence electrons. The molecule has 0 atom stereocenters. The standard InChI is InChI=1S/C25H21BrF3N3O/c1-16-13-19(26)15-22-23(16)33-24(30-22)17-5-7-20(8-6-17)31-9-11-32(12-10-31)21-4-2-3-18(14-21)25(27,28)29/h2-8,13-15H,9-12H2,1H3. The number of alkyl halides is 3. The van der Waals surface area contributed by atoms with Crippen molar-refractivity contribution >= 4 is 38.4 Å². The van der Waals surface area contributed by atoms with Gasteiger partial charge in [0.05, 0.1) is 5.56 Å². The average molecular weight is 516 g/mol. The number of benzene rings is 3. The van der Waals surface area contributed by atoms with Gasteiger partial charge < -0.3 is 14.2 Å². The minimum Gasteiger partial charge on any atom is -0.436 e. The van der Waals surface area contributed by atoms with Gasteiger partial charge in [-0.3, -0.25) is 0 Å². The highest BCUT2D eigenvalue weighted by atomic mass is 79.9. The van der Waals surface area contributed by atoms with Crippen LogP contribution >= 0.6 is 15.9 Å². The molecule has 0 spiro atoms. The highest BCUT2D eigenvalue weighted by Gasteiger charge is 2.31. The summed E-state index contributed by atoms with van der Waals surface area (Å²) in [7, 11) is 0. The fourth-order valence-electron chi connectivity index (χ4n) is 4.20. The van der Waals surface area contributed by atoms with Crippen molar-refractivity contribution in [1.29, 1.82) is 0 Å². The van der Waals surface area contributed by atoms with Crippen molar-refractivity contribution in [1.82, 2.24) is 4.98 Å². The highest BCUT2D eigenvalue weighted by molar-refractivity contribution is 9.10. The van der Waals surface area contributed by atoms with E-state index in [-0.39, 0.29) is 0 Å². The van der Waals surface area contributed by atoms with Crippen LogP contribution in [0.4, 0.5) is 24.5 Å². The van der Waals surface area contributed by atoms with E-state index in [0.29, 0.717) is 24.7 Å². The third-order valence-corrected chi connectivity index (χ3v) is 6.40. The SMILES string of the molecule is Cc1cc(Br)cc2nc(-c3ccc(N4CCN(c5cccc(C(F)(F)F)c5)CC4)cc3)oc12. The van der Waals surface area contributed by atoms with Crippen molar-refractivity contribution in [2.45, 2.75) is 13.1 Å². The summed E-state index contributed by atoms with van der Waals surface area (Å²) in [5, 5.41) is 0. The molecule has 8 heteroatoms. The van der Waals surface area contributed by atoms with E-state index in [1.807, 2.05) is 48.2 Å². The number of hydrogen-bond acceptors (Lipinski definition) is 4. The zero-order chi connectivity index (χ0) is 23.2. The molecule has 0 radical (unpaired) electrons. The number of nitrogens with zero attached hydrogens (tertiary/aromatic N) is 3. The highest BCUT2D eigenvalue weighted by Crippen LogP contribution is 2.33. The van der Waals surface area contributed by atoms with E-state index >= 15 is 0 Å². The molecule has 1 saturated heterocycles. The number of fused-ring (bicyclic) bond motifs is 1. The zero-order valence-corrected chi connectivity index (χ0v) is 19.4.